The molecule has 2 N–H and O–H groups in total. The number of rotatable bonds is 6. The van der Waals surface area contributed by atoms with E-state index in [4.69, 9.17) is 22.7 Å². The molecule has 0 aromatic heterocycles. The molecule has 4 heteroatoms. The molecule has 0 aliphatic carbocycles. The maximum atomic E-state index is 5.85. The van der Waals surface area contributed by atoms with E-state index in [1.54, 1.807) is 0 Å². The molecule has 116 valence electrons. The van der Waals surface area contributed by atoms with Gasteiger partial charge in [-0.25, -0.2) is 0 Å². The number of thiocarbonyl (C=S) groups is 1. The Morgan fingerprint density at radius 3 is 2.67 bits per heavy atom. The zero-order valence-electron chi connectivity index (χ0n) is 13.0. The lowest BCUT2D eigenvalue weighted by molar-refractivity contribution is 0.105. The van der Waals surface area contributed by atoms with Gasteiger partial charge in [-0.15, -0.1) is 0 Å². The Hall–Kier alpha value is -1.13. The van der Waals surface area contributed by atoms with Gasteiger partial charge in [-0.05, 0) is 43.4 Å². The van der Waals surface area contributed by atoms with Gasteiger partial charge in [0.05, 0.1) is 4.99 Å². The highest BCUT2D eigenvalue weighted by Crippen LogP contribution is 2.21. The van der Waals surface area contributed by atoms with Crippen LogP contribution in [0.2, 0.25) is 0 Å². The van der Waals surface area contributed by atoms with Gasteiger partial charge in [0, 0.05) is 25.6 Å². The maximum absolute atomic E-state index is 5.85. The summed E-state index contributed by atoms with van der Waals surface area (Å²) < 4.78 is 5.85. The Bertz CT molecular complexity index is 460. The first-order valence-electron chi connectivity index (χ1n) is 7.78. The Morgan fingerprint density at radius 1 is 1.29 bits per heavy atom. The number of benzene rings is 1. The van der Waals surface area contributed by atoms with E-state index in [9.17, 15) is 0 Å². The SMILES string of the molecule is CC1CCC(C)N(CCOc2ccc(CC(N)=S)cc2)C1. The molecule has 1 aromatic carbocycles. The fraction of sp³-hybridized carbons (Fsp3) is 0.588. The van der Waals surface area contributed by atoms with E-state index < -0.39 is 0 Å². The lowest BCUT2D eigenvalue weighted by Crippen LogP contribution is -2.43. The van der Waals surface area contributed by atoms with Crippen LogP contribution in [0.3, 0.4) is 0 Å². The van der Waals surface area contributed by atoms with Crippen molar-refractivity contribution in [2.45, 2.75) is 39.2 Å². The Balaban J connectivity index is 1.76. The summed E-state index contributed by atoms with van der Waals surface area (Å²) in [6, 6.07) is 8.73. The normalized spacial score (nSPS) is 23.0. The number of piperidine rings is 1. The zero-order valence-corrected chi connectivity index (χ0v) is 13.9. The molecule has 21 heavy (non-hydrogen) atoms. The van der Waals surface area contributed by atoms with Crippen molar-refractivity contribution in [3.63, 3.8) is 0 Å². The van der Waals surface area contributed by atoms with Gasteiger partial charge in [-0.2, -0.15) is 0 Å². The van der Waals surface area contributed by atoms with Gasteiger partial charge in [-0.1, -0.05) is 31.3 Å². The Morgan fingerprint density at radius 2 is 2.00 bits per heavy atom. The topological polar surface area (TPSA) is 38.5 Å². The van der Waals surface area contributed by atoms with Gasteiger partial charge < -0.3 is 10.5 Å². The highest BCUT2D eigenvalue weighted by Gasteiger charge is 2.22. The molecular weight excluding hydrogens is 280 g/mol. The average Bonchev–Trinajstić information content (AvgIpc) is 2.44. The second-order valence-electron chi connectivity index (χ2n) is 6.16. The molecule has 2 atom stereocenters. The first-order chi connectivity index (χ1) is 10.0. The number of nitrogens with two attached hydrogens (primary N) is 1. The molecule has 0 radical (unpaired) electrons. The summed E-state index contributed by atoms with van der Waals surface area (Å²) in [6.45, 7) is 7.58. The molecule has 0 saturated carbocycles. The van der Waals surface area contributed by atoms with E-state index >= 15 is 0 Å². The van der Waals surface area contributed by atoms with E-state index in [0.29, 0.717) is 17.5 Å². The molecule has 1 saturated heterocycles. The van der Waals surface area contributed by atoms with Gasteiger partial charge in [0.25, 0.3) is 0 Å². The maximum Gasteiger partial charge on any atom is 0.119 e. The van der Waals surface area contributed by atoms with E-state index in [1.165, 1.54) is 19.4 Å². The summed E-state index contributed by atoms with van der Waals surface area (Å²) in [4.78, 5) is 3.06. The monoisotopic (exact) mass is 306 g/mol. The minimum absolute atomic E-state index is 0.525. The van der Waals surface area contributed by atoms with E-state index in [-0.39, 0.29) is 0 Å². The molecule has 1 heterocycles. The van der Waals surface area contributed by atoms with Crippen LogP contribution in [-0.4, -0.2) is 35.6 Å². The summed E-state index contributed by atoms with van der Waals surface area (Å²) in [5, 5.41) is 0. The van der Waals surface area contributed by atoms with Crippen molar-refractivity contribution >= 4 is 17.2 Å². The Kier molecular flexibility index (Phi) is 6.00. The minimum atomic E-state index is 0.525. The highest BCUT2D eigenvalue weighted by atomic mass is 32.1. The third kappa shape index (κ3) is 5.29. The third-order valence-electron chi connectivity index (χ3n) is 4.20. The Labute approximate surface area is 133 Å². The van der Waals surface area contributed by atoms with Crippen LogP contribution in [-0.2, 0) is 6.42 Å². The second kappa shape index (κ2) is 7.76. The summed E-state index contributed by atoms with van der Waals surface area (Å²) in [6.07, 6.45) is 3.30. The zero-order chi connectivity index (χ0) is 15.2. The molecule has 1 aliphatic heterocycles. The van der Waals surface area contributed by atoms with Crippen molar-refractivity contribution in [1.82, 2.24) is 4.90 Å². The molecule has 0 amide bonds. The van der Waals surface area contributed by atoms with E-state index in [0.717, 1.165) is 30.4 Å². The van der Waals surface area contributed by atoms with Crippen molar-refractivity contribution < 1.29 is 4.74 Å². The molecule has 2 rings (SSSR count). The van der Waals surface area contributed by atoms with Crippen LogP contribution in [0.5, 0.6) is 5.75 Å². The predicted octanol–water partition coefficient (Wildman–Crippen LogP) is 3.01. The summed E-state index contributed by atoms with van der Waals surface area (Å²) in [5.74, 6) is 1.72. The van der Waals surface area contributed by atoms with Crippen molar-refractivity contribution in [3.05, 3.63) is 29.8 Å². The minimum Gasteiger partial charge on any atom is -0.492 e. The average molecular weight is 306 g/mol. The van der Waals surface area contributed by atoms with Crippen LogP contribution in [0.25, 0.3) is 0 Å². The predicted molar refractivity (Wildman–Crippen MR) is 91.9 cm³/mol. The summed E-state index contributed by atoms with van der Waals surface area (Å²) >= 11 is 4.91. The molecule has 1 fully saturated rings. The van der Waals surface area contributed by atoms with E-state index in [2.05, 4.69) is 18.7 Å². The quantitative estimate of drug-likeness (QED) is 0.820. The van der Waals surface area contributed by atoms with Crippen LogP contribution < -0.4 is 10.5 Å². The number of likely N-dealkylation sites (tertiary alicyclic amines) is 1. The van der Waals surface area contributed by atoms with Crippen LogP contribution in [0.1, 0.15) is 32.3 Å². The second-order valence-corrected chi connectivity index (χ2v) is 6.69. The van der Waals surface area contributed by atoms with Crippen molar-refractivity contribution in [2.24, 2.45) is 11.7 Å². The number of ether oxygens (including phenoxy) is 1. The molecule has 0 bridgehead atoms. The number of nitrogens with zero attached hydrogens (tertiary/aromatic N) is 1. The number of hydrogen-bond acceptors (Lipinski definition) is 3. The largest absolute Gasteiger partial charge is 0.492 e. The summed E-state index contributed by atoms with van der Waals surface area (Å²) in [5.41, 5.74) is 6.68. The highest BCUT2D eigenvalue weighted by molar-refractivity contribution is 7.80. The molecule has 3 nitrogen and oxygen atoms in total. The molecule has 1 aliphatic rings. The molecular formula is C17H26N2OS. The van der Waals surface area contributed by atoms with Crippen LogP contribution >= 0.6 is 12.2 Å². The first kappa shape index (κ1) is 16.2. The van der Waals surface area contributed by atoms with Crippen molar-refractivity contribution in [3.8, 4) is 5.75 Å². The van der Waals surface area contributed by atoms with Gasteiger partial charge in [-0.3, -0.25) is 4.90 Å². The first-order valence-corrected chi connectivity index (χ1v) is 8.19. The van der Waals surface area contributed by atoms with Gasteiger partial charge in [0.15, 0.2) is 0 Å². The van der Waals surface area contributed by atoms with Crippen LogP contribution in [0.4, 0.5) is 0 Å². The lowest BCUT2D eigenvalue weighted by Gasteiger charge is -2.36. The fourth-order valence-corrected chi connectivity index (χ4v) is 3.04. The van der Waals surface area contributed by atoms with Crippen LogP contribution in [0, 0.1) is 5.92 Å². The van der Waals surface area contributed by atoms with Gasteiger partial charge in [0.1, 0.15) is 12.4 Å². The third-order valence-corrected chi connectivity index (χ3v) is 4.34. The molecule has 1 aromatic rings. The van der Waals surface area contributed by atoms with Crippen molar-refractivity contribution in [2.75, 3.05) is 19.7 Å². The molecule has 2 unspecified atom stereocenters. The standard InChI is InChI=1S/C17H26N2OS/c1-13-3-4-14(2)19(12-13)9-10-20-16-7-5-15(6-8-16)11-17(18)21/h5-8,13-14H,3-4,9-12H2,1-2H3,(H2,18,21). The van der Waals surface area contributed by atoms with Gasteiger partial charge >= 0.3 is 0 Å². The number of hydrogen-bond donors (Lipinski definition) is 1. The smallest absolute Gasteiger partial charge is 0.119 e. The van der Waals surface area contributed by atoms with Crippen molar-refractivity contribution in [1.29, 1.82) is 0 Å². The summed E-state index contributed by atoms with van der Waals surface area (Å²) in [7, 11) is 0. The van der Waals surface area contributed by atoms with E-state index in [1.807, 2.05) is 24.3 Å². The fourth-order valence-electron chi connectivity index (χ4n) is 2.88. The van der Waals surface area contributed by atoms with Gasteiger partial charge in [0.2, 0.25) is 0 Å². The van der Waals surface area contributed by atoms with Crippen LogP contribution in [0.15, 0.2) is 24.3 Å². The molecule has 0 spiro atoms. The lowest BCUT2D eigenvalue weighted by atomic mass is 9.95.